The second-order valence-corrected chi connectivity index (χ2v) is 4.84. The van der Waals surface area contributed by atoms with E-state index in [1.165, 1.54) is 19.3 Å². The van der Waals surface area contributed by atoms with Crippen LogP contribution in [0.2, 0.25) is 0 Å². The first kappa shape index (κ1) is 10.9. The van der Waals surface area contributed by atoms with E-state index in [4.69, 9.17) is 0 Å². The summed E-state index contributed by atoms with van der Waals surface area (Å²) in [4.78, 5) is 11.1. The maximum absolute atomic E-state index is 4.52. The molecule has 3 nitrogen and oxygen atoms in total. The average molecular weight is 270 g/mol. The van der Waals surface area contributed by atoms with E-state index in [1.54, 1.807) is 0 Å². The lowest BCUT2D eigenvalue weighted by molar-refractivity contribution is 0.638. The normalized spacial score (nSPS) is 21.0. The van der Waals surface area contributed by atoms with Crippen molar-refractivity contribution in [1.82, 2.24) is 9.97 Å². The van der Waals surface area contributed by atoms with Crippen LogP contribution >= 0.6 is 15.9 Å². The van der Waals surface area contributed by atoms with Gasteiger partial charge in [-0.3, -0.25) is 0 Å². The number of rotatable bonds is 2. The molecule has 0 aliphatic carbocycles. The van der Waals surface area contributed by atoms with Gasteiger partial charge >= 0.3 is 0 Å². The molecule has 1 aliphatic heterocycles. The van der Waals surface area contributed by atoms with Crippen molar-refractivity contribution >= 4 is 21.7 Å². The Morgan fingerprint density at radius 3 is 3.13 bits per heavy atom. The van der Waals surface area contributed by atoms with Crippen LogP contribution in [0, 0.1) is 6.92 Å². The monoisotopic (exact) mass is 269 g/mol. The van der Waals surface area contributed by atoms with E-state index in [0.717, 1.165) is 22.7 Å². The lowest BCUT2D eigenvalue weighted by Crippen LogP contribution is -2.29. The van der Waals surface area contributed by atoms with Gasteiger partial charge in [-0.2, -0.15) is 0 Å². The molecule has 0 aromatic carbocycles. The number of aromatic nitrogens is 2. The molecule has 1 unspecified atom stereocenters. The molecular formula is C11H16BrN3. The van der Waals surface area contributed by atoms with Gasteiger partial charge in [-0.05, 0) is 42.1 Å². The van der Waals surface area contributed by atoms with Crippen LogP contribution < -0.4 is 4.90 Å². The lowest BCUT2D eigenvalue weighted by atomic mass is 10.2. The van der Waals surface area contributed by atoms with Crippen molar-refractivity contribution in [3.63, 3.8) is 0 Å². The molecule has 15 heavy (non-hydrogen) atoms. The summed E-state index contributed by atoms with van der Waals surface area (Å²) in [5, 5.41) is 0. The highest BCUT2D eigenvalue weighted by Gasteiger charge is 2.25. The third-order valence-corrected chi connectivity index (χ3v) is 3.53. The van der Waals surface area contributed by atoms with Crippen LogP contribution in [0.25, 0.3) is 0 Å². The highest BCUT2D eigenvalue weighted by Crippen LogP contribution is 2.30. The summed E-state index contributed by atoms with van der Waals surface area (Å²) in [6, 6.07) is 0.649. The maximum Gasteiger partial charge on any atom is 0.146 e. The molecule has 2 heterocycles. The molecule has 1 fully saturated rings. The molecule has 0 bridgehead atoms. The fraction of sp³-hybridized carbons (Fsp3) is 0.636. The summed E-state index contributed by atoms with van der Waals surface area (Å²) in [7, 11) is 0. The summed E-state index contributed by atoms with van der Waals surface area (Å²) in [5.74, 6) is 1.90. The fourth-order valence-corrected chi connectivity index (χ4v) is 2.60. The Morgan fingerprint density at radius 2 is 2.40 bits per heavy atom. The summed E-state index contributed by atoms with van der Waals surface area (Å²) < 4.78 is 1.01. The Morgan fingerprint density at radius 1 is 1.60 bits per heavy atom. The first-order valence-corrected chi connectivity index (χ1v) is 6.27. The number of nitrogens with zero attached hydrogens (tertiary/aromatic N) is 3. The standard InChI is InChI=1S/C11H16BrN3/c1-3-9-5-4-6-15(9)11-10(12)7-13-8(2)14-11/h7,9H,3-6H2,1-2H3. The SMILES string of the molecule is CCC1CCCN1c1nc(C)ncc1Br. The molecule has 2 rings (SSSR count). The number of hydrogen-bond acceptors (Lipinski definition) is 3. The number of halogens is 1. The van der Waals surface area contributed by atoms with Crippen molar-refractivity contribution in [2.45, 2.75) is 39.2 Å². The zero-order valence-corrected chi connectivity index (χ0v) is 10.8. The van der Waals surface area contributed by atoms with Crippen molar-refractivity contribution in [3.05, 3.63) is 16.5 Å². The molecule has 0 spiro atoms. The predicted molar refractivity (Wildman–Crippen MR) is 65.1 cm³/mol. The average Bonchev–Trinajstić information content (AvgIpc) is 2.69. The van der Waals surface area contributed by atoms with Crippen LogP contribution in [0.15, 0.2) is 10.7 Å². The van der Waals surface area contributed by atoms with Crippen molar-refractivity contribution < 1.29 is 0 Å². The predicted octanol–water partition coefficient (Wildman–Crippen LogP) is 2.93. The molecule has 82 valence electrons. The Balaban J connectivity index is 2.31. The van der Waals surface area contributed by atoms with Gasteiger partial charge in [-0.15, -0.1) is 0 Å². The van der Waals surface area contributed by atoms with Crippen molar-refractivity contribution in [3.8, 4) is 0 Å². The van der Waals surface area contributed by atoms with Crippen molar-refractivity contribution in [1.29, 1.82) is 0 Å². The summed E-state index contributed by atoms with van der Waals surface area (Å²) in [6.45, 7) is 5.30. The van der Waals surface area contributed by atoms with Crippen LogP contribution in [0.5, 0.6) is 0 Å². The van der Waals surface area contributed by atoms with E-state index in [9.17, 15) is 0 Å². The van der Waals surface area contributed by atoms with Crippen molar-refractivity contribution in [2.24, 2.45) is 0 Å². The highest BCUT2D eigenvalue weighted by molar-refractivity contribution is 9.10. The molecule has 1 aromatic rings. The van der Waals surface area contributed by atoms with E-state index in [-0.39, 0.29) is 0 Å². The quantitative estimate of drug-likeness (QED) is 0.827. The smallest absolute Gasteiger partial charge is 0.146 e. The van der Waals surface area contributed by atoms with E-state index >= 15 is 0 Å². The second kappa shape index (κ2) is 4.47. The van der Waals surface area contributed by atoms with Gasteiger partial charge in [-0.1, -0.05) is 6.92 Å². The first-order chi connectivity index (χ1) is 7.22. The Labute approximate surface area is 99.0 Å². The van der Waals surface area contributed by atoms with Crippen LogP contribution in [0.3, 0.4) is 0 Å². The summed E-state index contributed by atoms with van der Waals surface area (Å²) in [6.07, 6.45) is 5.60. The molecular weight excluding hydrogens is 254 g/mol. The second-order valence-electron chi connectivity index (χ2n) is 3.99. The molecule has 0 saturated carbocycles. The number of hydrogen-bond donors (Lipinski definition) is 0. The zero-order valence-electron chi connectivity index (χ0n) is 9.20. The minimum atomic E-state index is 0.649. The topological polar surface area (TPSA) is 29.0 Å². The summed E-state index contributed by atoms with van der Waals surface area (Å²) in [5.41, 5.74) is 0. The van der Waals surface area contributed by atoms with Gasteiger partial charge in [0.05, 0.1) is 4.47 Å². The van der Waals surface area contributed by atoms with E-state index in [2.05, 4.69) is 37.7 Å². The Hall–Kier alpha value is -0.640. The molecule has 4 heteroatoms. The Bertz CT molecular complexity index is 354. The molecule has 1 aliphatic rings. The lowest BCUT2D eigenvalue weighted by Gasteiger charge is -2.25. The molecule has 0 radical (unpaired) electrons. The Kier molecular flexibility index (Phi) is 3.24. The summed E-state index contributed by atoms with van der Waals surface area (Å²) >= 11 is 3.53. The van der Waals surface area contributed by atoms with Crippen LogP contribution in [-0.2, 0) is 0 Å². The molecule has 1 atom stereocenters. The molecule has 1 aromatic heterocycles. The largest absolute Gasteiger partial charge is 0.353 e. The maximum atomic E-state index is 4.52. The van der Waals surface area contributed by atoms with E-state index < -0.39 is 0 Å². The van der Waals surface area contributed by atoms with E-state index in [0.29, 0.717) is 6.04 Å². The van der Waals surface area contributed by atoms with Gasteiger partial charge in [0, 0.05) is 18.8 Å². The van der Waals surface area contributed by atoms with Crippen LogP contribution in [-0.4, -0.2) is 22.6 Å². The molecule has 0 amide bonds. The van der Waals surface area contributed by atoms with E-state index in [1.807, 2.05) is 13.1 Å². The van der Waals surface area contributed by atoms with Crippen LogP contribution in [0.1, 0.15) is 32.0 Å². The molecule has 0 N–H and O–H groups in total. The zero-order chi connectivity index (χ0) is 10.8. The highest BCUT2D eigenvalue weighted by atomic mass is 79.9. The van der Waals surface area contributed by atoms with Crippen LogP contribution in [0.4, 0.5) is 5.82 Å². The van der Waals surface area contributed by atoms with Gasteiger partial charge in [-0.25, -0.2) is 9.97 Å². The van der Waals surface area contributed by atoms with Gasteiger partial charge in [0.2, 0.25) is 0 Å². The fourth-order valence-electron chi connectivity index (χ4n) is 2.18. The van der Waals surface area contributed by atoms with Gasteiger partial charge in [0.15, 0.2) is 0 Å². The number of aryl methyl sites for hydroxylation is 1. The number of anilines is 1. The first-order valence-electron chi connectivity index (χ1n) is 5.48. The minimum absolute atomic E-state index is 0.649. The van der Waals surface area contributed by atoms with Crippen molar-refractivity contribution in [2.75, 3.05) is 11.4 Å². The minimum Gasteiger partial charge on any atom is -0.353 e. The molecule has 1 saturated heterocycles. The van der Waals surface area contributed by atoms with Gasteiger partial charge in [0.25, 0.3) is 0 Å². The van der Waals surface area contributed by atoms with Gasteiger partial charge in [0.1, 0.15) is 11.6 Å². The third kappa shape index (κ3) is 2.14. The third-order valence-electron chi connectivity index (χ3n) is 2.97. The van der Waals surface area contributed by atoms with Gasteiger partial charge < -0.3 is 4.90 Å².